The Morgan fingerprint density at radius 2 is 1.83 bits per heavy atom. The van der Waals surface area contributed by atoms with Crippen molar-refractivity contribution in [2.45, 2.75) is 31.3 Å². The van der Waals surface area contributed by atoms with Crippen molar-refractivity contribution in [1.82, 2.24) is 0 Å². The summed E-state index contributed by atoms with van der Waals surface area (Å²) >= 11 is 0. The van der Waals surface area contributed by atoms with Crippen molar-refractivity contribution >= 4 is 9.84 Å². The molecule has 1 aromatic rings. The van der Waals surface area contributed by atoms with Crippen molar-refractivity contribution in [3.05, 3.63) is 41.3 Å². The van der Waals surface area contributed by atoms with E-state index in [-0.39, 0.29) is 11.8 Å². The highest BCUT2D eigenvalue weighted by atomic mass is 32.2. The SMILES string of the molecule is CC(C)[C@H]1C[C@@H](O)C=C1S(=O)(=O)c1ccccc1. The molecule has 4 heteroatoms. The van der Waals surface area contributed by atoms with Crippen LogP contribution in [-0.2, 0) is 9.84 Å². The number of allylic oxidation sites excluding steroid dienone is 1. The van der Waals surface area contributed by atoms with E-state index in [0.717, 1.165) is 0 Å². The molecule has 0 saturated carbocycles. The third-order valence-corrected chi connectivity index (χ3v) is 5.34. The lowest BCUT2D eigenvalue weighted by atomic mass is 9.95. The highest BCUT2D eigenvalue weighted by Crippen LogP contribution is 2.38. The maximum absolute atomic E-state index is 12.5. The van der Waals surface area contributed by atoms with Crippen LogP contribution in [0.5, 0.6) is 0 Å². The molecule has 18 heavy (non-hydrogen) atoms. The molecule has 0 radical (unpaired) electrons. The highest BCUT2D eigenvalue weighted by Gasteiger charge is 2.36. The number of hydrogen-bond donors (Lipinski definition) is 1. The van der Waals surface area contributed by atoms with E-state index < -0.39 is 15.9 Å². The summed E-state index contributed by atoms with van der Waals surface area (Å²) in [6.07, 6.45) is 1.34. The summed E-state index contributed by atoms with van der Waals surface area (Å²) < 4.78 is 25.0. The molecule has 1 aromatic carbocycles. The van der Waals surface area contributed by atoms with Crippen LogP contribution in [0.25, 0.3) is 0 Å². The molecule has 0 amide bonds. The standard InChI is InChI=1S/C14H18O3S/c1-10(2)13-8-11(15)9-14(13)18(16,17)12-6-4-3-5-7-12/h3-7,9-11,13,15H,8H2,1-2H3/t11-,13-/m1/s1. The van der Waals surface area contributed by atoms with E-state index in [4.69, 9.17) is 0 Å². The summed E-state index contributed by atoms with van der Waals surface area (Å²) in [5.74, 6) is 0.108. The van der Waals surface area contributed by atoms with Crippen molar-refractivity contribution in [3.63, 3.8) is 0 Å². The van der Waals surface area contributed by atoms with Crippen LogP contribution in [-0.4, -0.2) is 19.6 Å². The van der Waals surface area contributed by atoms with E-state index >= 15 is 0 Å². The summed E-state index contributed by atoms with van der Waals surface area (Å²) in [7, 11) is -3.46. The van der Waals surface area contributed by atoms with Gasteiger partial charge in [0.25, 0.3) is 0 Å². The molecule has 0 heterocycles. The minimum atomic E-state index is -3.46. The predicted octanol–water partition coefficient (Wildman–Crippen LogP) is 2.38. The summed E-state index contributed by atoms with van der Waals surface area (Å²) in [5.41, 5.74) is 0. The van der Waals surface area contributed by atoms with Gasteiger partial charge in [-0.1, -0.05) is 32.0 Å². The highest BCUT2D eigenvalue weighted by molar-refractivity contribution is 7.95. The molecule has 0 spiro atoms. The first kappa shape index (κ1) is 13.3. The summed E-state index contributed by atoms with van der Waals surface area (Å²) in [6, 6.07) is 8.40. The number of aliphatic hydroxyl groups excluding tert-OH is 1. The maximum atomic E-state index is 12.5. The van der Waals surface area contributed by atoms with E-state index in [1.54, 1.807) is 30.3 Å². The molecule has 2 rings (SSSR count). The topological polar surface area (TPSA) is 54.4 Å². The van der Waals surface area contributed by atoms with Gasteiger partial charge in [-0.2, -0.15) is 0 Å². The fourth-order valence-electron chi connectivity index (χ4n) is 2.38. The Balaban J connectivity index is 2.45. The molecule has 2 atom stereocenters. The molecular formula is C14H18O3S. The minimum absolute atomic E-state index is 0.0924. The second-order valence-corrected chi connectivity index (χ2v) is 6.99. The number of rotatable bonds is 3. The van der Waals surface area contributed by atoms with Gasteiger partial charge in [0.15, 0.2) is 0 Å². The smallest absolute Gasteiger partial charge is 0.202 e. The Kier molecular flexibility index (Phi) is 3.59. The molecule has 1 aliphatic rings. The maximum Gasteiger partial charge on any atom is 0.202 e. The molecule has 3 nitrogen and oxygen atoms in total. The van der Waals surface area contributed by atoms with E-state index in [1.165, 1.54) is 6.08 Å². The number of aliphatic hydroxyl groups is 1. The minimum Gasteiger partial charge on any atom is -0.389 e. The van der Waals surface area contributed by atoms with Crippen LogP contribution in [0.1, 0.15) is 20.3 Å². The predicted molar refractivity (Wildman–Crippen MR) is 70.7 cm³/mol. The zero-order valence-electron chi connectivity index (χ0n) is 10.6. The van der Waals surface area contributed by atoms with Gasteiger partial charge in [0, 0.05) is 5.92 Å². The van der Waals surface area contributed by atoms with E-state index in [2.05, 4.69) is 0 Å². The van der Waals surface area contributed by atoms with Crippen molar-refractivity contribution in [3.8, 4) is 0 Å². The zero-order valence-corrected chi connectivity index (χ0v) is 11.4. The first-order valence-electron chi connectivity index (χ1n) is 6.13. The van der Waals surface area contributed by atoms with Crippen molar-refractivity contribution in [2.75, 3.05) is 0 Å². The Morgan fingerprint density at radius 3 is 2.39 bits per heavy atom. The van der Waals surface area contributed by atoms with Gasteiger partial charge in [-0.15, -0.1) is 0 Å². The Morgan fingerprint density at radius 1 is 1.22 bits per heavy atom. The van der Waals surface area contributed by atoms with Gasteiger partial charge in [0.1, 0.15) is 0 Å². The van der Waals surface area contributed by atoms with Crippen LogP contribution in [0.3, 0.4) is 0 Å². The van der Waals surface area contributed by atoms with Crippen LogP contribution >= 0.6 is 0 Å². The fourth-order valence-corrected chi connectivity index (χ4v) is 4.27. The molecule has 98 valence electrons. The molecule has 1 N–H and O–H groups in total. The molecule has 0 aliphatic heterocycles. The third-order valence-electron chi connectivity index (χ3n) is 3.39. The van der Waals surface area contributed by atoms with E-state index in [9.17, 15) is 13.5 Å². The quantitative estimate of drug-likeness (QED) is 0.914. The molecule has 0 fully saturated rings. The van der Waals surface area contributed by atoms with Gasteiger partial charge in [-0.25, -0.2) is 8.42 Å². The van der Waals surface area contributed by atoms with Gasteiger partial charge < -0.3 is 5.11 Å². The Bertz CT molecular complexity index is 544. The zero-order chi connectivity index (χ0) is 13.3. The average molecular weight is 266 g/mol. The van der Waals surface area contributed by atoms with Crippen molar-refractivity contribution < 1.29 is 13.5 Å². The molecular weight excluding hydrogens is 248 g/mol. The number of hydrogen-bond acceptors (Lipinski definition) is 3. The third kappa shape index (κ3) is 2.35. The molecule has 0 unspecified atom stereocenters. The molecule has 0 aromatic heterocycles. The van der Waals surface area contributed by atoms with Crippen LogP contribution in [0.4, 0.5) is 0 Å². The first-order chi connectivity index (χ1) is 8.43. The summed E-state index contributed by atoms with van der Waals surface area (Å²) in [4.78, 5) is 0.673. The van der Waals surface area contributed by atoms with Crippen molar-refractivity contribution in [1.29, 1.82) is 0 Å². The lowest BCUT2D eigenvalue weighted by Gasteiger charge is -2.19. The largest absolute Gasteiger partial charge is 0.389 e. The Hall–Kier alpha value is -1.13. The second-order valence-electron chi connectivity index (χ2n) is 5.04. The number of sulfone groups is 1. The van der Waals surface area contributed by atoms with E-state index in [1.807, 2.05) is 13.8 Å². The molecule has 0 bridgehead atoms. The van der Waals surface area contributed by atoms with Crippen molar-refractivity contribution in [2.24, 2.45) is 11.8 Å². The molecule has 0 saturated heterocycles. The van der Waals surface area contributed by atoms with Gasteiger partial charge >= 0.3 is 0 Å². The van der Waals surface area contributed by atoms with Gasteiger partial charge in [-0.3, -0.25) is 0 Å². The average Bonchev–Trinajstić information content (AvgIpc) is 2.73. The van der Waals surface area contributed by atoms with Crippen LogP contribution in [0, 0.1) is 11.8 Å². The number of benzene rings is 1. The fraction of sp³-hybridized carbons (Fsp3) is 0.429. The Labute approximate surface area is 108 Å². The second kappa shape index (κ2) is 4.86. The summed E-state index contributed by atoms with van der Waals surface area (Å²) in [5, 5.41) is 9.69. The van der Waals surface area contributed by atoms with Gasteiger partial charge in [-0.05, 0) is 30.5 Å². The normalized spacial score (nSPS) is 24.3. The van der Waals surface area contributed by atoms with Gasteiger partial charge in [0.2, 0.25) is 9.84 Å². The lowest BCUT2D eigenvalue weighted by Crippen LogP contribution is -2.16. The first-order valence-corrected chi connectivity index (χ1v) is 7.61. The summed E-state index contributed by atoms with van der Waals surface area (Å²) in [6.45, 7) is 3.97. The monoisotopic (exact) mass is 266 g/mol. The van der Waals surface area contributed by atoms with Crippen LogP contribution in [0.15, 0.2) is 46.2 Å². The van der Waals surface area contributed by atoms with Gasteiger partial charge in [0.05, 0.1) is 15.9 Å². The van der Waals surface area contributed by atoms with Crippen LogP contribution in [0.2, 0.25) is 0 Å². The molecule has 1 aliphatic carbocycles. The van der Waals surface area contributed by atoms with Crippen LogP contribution < -0.4 is 0 Å². The lowest BCUT2D eigenvalue weighted by molar-refractivity contribution is 0.200. The van der Waals surface area contributed by atoms with E-state index in [0.29, 0.717) is 16.2 Å².